The number of nitrogens with one attached hydrogen (secondary N) is 1. The van der Waals surface area contributed by atoms with E-state index in [-0.39, 0.29) is 17.9 Å². The van der Waals surface area contributed by atoms with E-state index >= 15 is 0 Å². The minimum Gasteiger partial charge on any atom is -0.352 e. The van der Waals surface area contributed by atoms with E-state index in [1.807, 2.05) is 13.8 Å². The van der Waals surface area contributed by atoms with E-state index in [1.54, 1.807) is 0 Å². The standard InChI is InChI=1S/C11H19N3O/c1-9(2)11(15)13-10-4-3-6-14(8-10)7-5-12/h9-10H,3-4,6-8H2,1-2H3,(H,13,15). The van der Waals surface area contributed by atoms with Gasteiger partial charge in [-0.1, -0.05) is 13.8 Å². The summed E-state index contributed by atoms with van der Waals surface area (Å²) in [6.45, 7) is 6.04. The molecule has 0 aromatic carbocycles. The van der Waals surface area contributed by atoms with Gasteiger partial charge in [-0.3, -0.25) is 9.69 Å². The lowest BCUT2D eigenvalue weighted by Crippen LogP contribution is -2.48. The summed E-state index contributed by atoms with van der Waals surface area (Å²) in [6.07, 6.45) is 2.09. The van der Waals surface area contributed by atoms with Crippen LogP contribution in [0.5, 0.6) is 0 Å². The number of hydrogen-bond acceptors (Lipinski definition) is 3. The highest BCUT2D eigenvalue weighted by Crippen LogP contribution is 2.10. The Hall–Kier alpha value is -1.08. The maximum atomic E-state index is 11.5. The summed E-state index contributed by atoms with van der Waals surface area (Å²) in [5, 5.41) is 11.6. The van der Waals surface area contributed by atoms with Crippen molar-refractivity contribution in [3.05, 3.63) is 0 Å². The third-order valence-electron chi connectivity index (χ3n) is 2.67. The van der Waals surface area contributed by atoms with Crippen molar-refractivity contribution in [2.45, 2.75) is 32.7 Å². The average Bonchev–Trinajstić information content (AvgIpc) is 2.18. The van der Waals surface area contributed by atoms with Gasteiger partial charge in [-0.15, -0.1) is 0 Å². The fraction of sp³-hybridized carbons (Fsp3) is 0.818. The molecule has 1 amide bonds. The smallest absolute Gasteiger partial charge is 0.222 e. The number of nitrogens with zero attached hydrogens (tertiary/aromatic N) is 2. The van der Waals surface area contributed by atoms with Gasteiger partial charge in [0.2, 0.25) is 5.91 Å². The Balaban J connectivity index is 2.37. The molecule has 0 bridgehead atoms. The van der Waals surface area contributed by atoms with Gasteiger partial charge in [0.05, 0.1) is 12.6 Å². The highest BCUT2D eigenvalue weighted by molar-refractivity contribution is 5.78. The minimum atomic E-state index is 0.0383. The third kappa shape index (κ3) is 3.88. The van der Waals surface area contributed by atoms with Crippen LogP contribution >= 0.6 is 0 Å². The SMILES string of the molecule is CC(C)C(=O)NC1CCCN(CC#N)C1. The molecule has 0 radical (unpaired) electrons. The number of carbonyl (C=O) groups is 1. The number of rotatable bonds is 3. The lowest BCUT2D eigenvalue weighted by atomic mass is 10.0. The monoisotopic (exact) mass is 209 g/mol. The summed E-state index contributed by atoms with van der Waals surface area (Å²) in [6, 6.07) is 2.37. The van der Waals surface area contributed by atoms with E-state index in [9.17, 15) is 4.79 Å². The molecule has 1 heterocycles. The summed E-state index contributed by atoms with van der Waals surface area (Å²) in [4.78, 5) is 13.6. The van der Waals surface area contributed by atoms with Gasteiger partial charge in [0.25, 0.3) is 0 Å². The molecule has 1 atom stereocenters. The van der Waals surface area contributed by atoms with Crippen LogP contribution in [0.4, 0.5) is 0 Å². The molecule has 1 unspecified atom stereocenters. The third-order valence-corrected chi connectivity index (χ3v) is 2.67. The van der Waals surface area contributed by atoms with Crippen LogP contribution < -0.4 is 5.32 Å². The fourth-order valence-electron chi connectivity index (χ4n) is 1.78. The number of likely N-dealkylation sites (tertiary alicyclic amines) is 1. The zero-order valence-corrected chi connectivity index (χ0v) is 9.49. The maximum Gasteiger partial charge on any atom is 0.222 e. The van der Waals surface area contributed by atoms with E-state index in [0.717, 1.165) is 25.9 Å². The lowest BCUT2D eigenvalue weighted by Gasteiger charge is -2.31. The highest BCUT2D eigenvalue weighted by atomic mass is 16.1. The van der Waals surface area contributed by atoms with E-state index in [4.69, 9.17) is 5.26 Å². The molecule has 0 spiro atoms. The number of amides is 1. The van der Waals surface area contributed by atoms with Crippen LogP contribution in [-0.4, -0.2) is 36.5 Å². The molecule has 0 aromatic rings. The normalized spacial score (nSPS) is 22.4. The minimum absolute atomic E-state index is 0.0383. The van der Waals surface area contributed by atoms with E-state index in [0.29, 0.717) is 6.54 Å². The molecule has 0 aromatic heterocycles. The Kier molecular flexibility index (Phi) is 4.57. The van der Waals surface area contributed by atoms with Crippen molar-refractivity contribution in [2.75, 3.05) is 19.6 Å². The predicted molar refractivity (Wildman–Crippen MR) is 58.1 cm³/mol. The summed E-state index contributed by atoms with van der Waals surface area (Å²) in [7, 11) is 0. The summed E-state index contributed by atoms with van der Waals surface area (Å²) in [5.41, 5.74) is 0. The predicted octanol–water partition coefficient (Wildman–Crippen LogP) is 0.747. The van der Waals surface area contributed by atoms with Crippen molar-refractivity contribution >= 4 is 5.91 Å². The average molecular weight is 209 g/mol. The fourth-order valence-corrected chi connectivity index (χ4v) is 1.78. The molecule has 1 N–H and O–H groups in total. The molecule has 0 saturated carbocycles. The molecule has 84 valence electrons. The zero-order chi connectivity index (χ0) is 11.3. The van der Waals surface area contributed by atoms with Gasteiger partial charge in [0, 0.05) is 18.5 Å². The first-order valence-corrected chi connectivity index (χ1v) is 5.53. The van der Waals surface area contributed by atoms with Crippen LogP contribution in [0.2, 0.25) is 0 Å². The summed E-state index contributed by atoms with van der Waals surface area (Å²) in [5.74, 6) is 0.148. The number of carbonyl (C=O) groups excluding carboxylic acids is 1. The van der Waals surface area contributed by atoms with Crippen molar-refractivity contribution in [1.82, 2.24) is 10.2 Å². The molecule has 1 aliphatic rings. The van der Waals surface area contributed by atoms with E-state index in [1.165, 1.54) is 0 Å². The second kappa shape index (κ2) is 5.72. The number of nitriles is 1. The van der Waals surface area contributed by atoms with Crippen LogP contribution in [0, 0.1) is 17.2 Å². The largest absolute Gasteiger partial charge is 0.352 e. The maximum absolute atomic E-state index is 11.5. The van der Waals surface area contributed by atoms with Crippen molar-refractivity contribution in [3.63, 3.8) is 0 Å². The number of piperidine rings is 1. The van der Waals surface area contributed by atoms with Gasteiger partial charge in [-0.2, -0.15) is 5.26 Å². The first kappa shape index (κ1) is 12.0. The van der Waals surface area contributed by atoms with Crippen LogP contribution in [0.15, 0.2) is 0 Å². The number of hydrogen-bond donors (Lipinski definition) is 1. The zero-order valence-electron chi connectivity index (χ0n) is 9.49. The van der Waals surface area contributed by atoms with Gasteiger partial charge in [-0.25, -0.2) is 0 Å². The topological polar surface area (TPSA) is 56.1 Å². The van der Waals surface area contributed by atoms with Crippen LogP contribution in [0.3, 0.4) is 0 Å². The van der Waals surface area contributed by atoms with Crippen LogP contribution in [-0.2, 0) is 4.79 Å². The Morgan fingerprint density at radius 2 is 2.40 bits per heavy atom. The van der Waals surface area contributed by atoms with Crippen molar-refractivity contribution in [3.8, 4) is 6.07 Å². The Morgan fingerprint density at radius 3 is 3.00 bits per heavy atom. The summed E-state index contributed by atoms with van der Waals surface area (Å²) < 4.78 is 0. The second-order valence-corrected chi connectivity index (χ2v) is 4.40. The van der Waals surface area contributed by atoms with Gasteiger partial charge in [0.1, 0.15) is 0 Å². The molecular weight excluding hydrogens is 190 g/mol. The Morgan fingerprint density at radius 1 is 1.67 bits per heavy atom. The highest BCUT2D eigenvalue weighted by Gasteiger charge is 2.21. The molecule has 1 saturated heterocycles. The molecule has 1 aliphatic heterocycles. The van der Waals surface area contributed by atoms with Gasteiger partial charge < -0.3 is 5.32 Å². The molecule has 15 heavy (non-hydrogen) atoms. The molecule has 4 heteroatoms. The summed E-state index contributed by atoms with van der Waals surface area (Å²) >= 11 is 0. The second-order valence-electron chi connectivity index (χ2n) is 4.40. The Bertz CT molecular complexity index is 257. The van der Waals surface area contributed by atoms with Gasteiger partial charge in [-0.05, 0) is 19.4 Å². The molecular formula is C11H19N3O. The van der Waals surface area contributed by atoms with Crippen molar-refractivity contribution in [2.24, 2.45) is 5.92 Å². The van der Waals surface area contributed by atoms with Gasteiger partial charge >= 0.3 is 0 Å². The first-order valence-electron chi connectivity index (χ1n) is 5.53. The van der Waals surface area contributed by atoms with Crippen LogP contribution in [0.25, 0.3) is 0 Å². The molecule has 1 rings (SSSR count). The van der Waals surface area contributed by atoms with Crippen molar-refractivity contribution < 1.29 is 4.79 Å². The quantitative estimate of drug-likeness (QED) is 0.698. The van der Waals surface area contributed by atoms with E-state index < -0.39 is 0 Å². The lowest BCUT2D eigenvalue weighted by molar-refractivity contribution is -0.125. The molecule has 1 fully saturated rings. The molecule has 0 aliphatic carbocycles. The molecule has 4 nitrogen and oxygen atoms in total. The van der Waals surface area contributed by atoms with Crippen LogP contribution in [0.1, 0.15) is 26.7 Å². The Labute approximate surface area is 91.2 Å². The van der Waals surface area contributed by atoms with Gasteiger partial charge in [0.15, 0.2) is 0 Å². The van der Waals surface area contributed by atoms with Crippen molar-refractivity contribution in [1.29, 1.82) is 5.26 Å². The first-order chi connectivity index (χ1) is 7.13. The van der Waals surface area contributed by atoms with E-state index in [2.05, 4.69) is 16.3 Å².